The van der Waals surface area contributed by atoms with E-state index >= 15 is 0 Å². The minimum Gasteiger partial charge on any atom is -0.367 e. The third-order valence-corrected chi connectivity index (χ3v) is 4.23. The lowest BCUT2D eigenvalue weighted by Crippen LogP contribution is -2.48. The van der Waals surface area contributed by atoms with Crippen LogP contribution in [-0.2, 0) is 9.63 Å². The molecule has 0 atom stereocenters. The number of rotatable bonds is 2. The van der Waals surface area contributed by atoms with Crippen molar-refractivity contribution in [3.8, 4) is 0 Å². The number of hydrogen-bond donors (Lipinski definition) is 0. The molecule has 0 bridgehead atoms. The third kappa shape index (κ3) is 3.36. The number of nitrogens with zero attached hydrogens (tertiary/aromatic N) is 2. The van der Waals surface area contributed by atoms with Gasteiger partial charge in [0.05, 0.1) is 24.2 Å². The first-order valence-electron chi connectivity index (χ1n) is 8.26. The molecule has 1 aliphatic rings. The first-order chi connectivity index (χ1) is 11.4. The van der Waals surface area contributed by atoms with E-state index in [-0.39, 0.29) is 11.8 Å². The van der Waals surface area contributed by atoms with E-state index in [1.807, 2.05) is 49.9 Å². The Kier molecular flexibility index (Phi) is 4.45. The van der Waals surface area contributed by atoms with Gasteiger partial charge in [0.15, 0.2) is 0 Å². The maximum Gasteiger partial charge on any atom is 0.330 e. The lowest BCUT2D eigenvalue weighted by atomic mass is 9.98. The Hall–Kier alpha value is -2.14. The van der Waals surface area contributed by atoms with Crippen LogP contribution in [-0.4, -0.2) is 37.2 Å². The number of carbonyl (C=O) groups excluding carboxylic acids is 1. The van der Waals surface area contributed by atoms with Gasteiger partial charge in [-0.25, -0.2) is 9.18 Å². The zero-order valence-corrected chi connectivity index (χ0v) is 14.4. The predicted octanol–water partition coefficient (Wildman–Crippen LogP) is 3.61. The van der Waals surface area contributed by atoms with Crippen LogP contribution in [0.2, 0.25) is 0 Å². The number of halogens is 1. The number of benzene rings is 2. The first-order valence-corrected chi connectivity index (χ1v) is 8.26. The van der Waals surface area contributed by atoms with Crippen molar-refractivity contribution in [2.45, 2.75) is 20.8 Å². The summed E-state index contributed by atoms with van der Waals surface area (Å²) in [5.74, 6) is -0.457. The average Bonchev–Trinajstić information content (AvgIpc) is 2.55. The molecule has 24 heavy (non-hydrogen) atoms. The van der Waals surface area contributed by atoms with E-state index in [1.54, 1.807) is 11.1 Å². The summed E-state index contributed by atoms with van der Waals surface area (Å²) in [6.45, 7) is 7.84. The summed E-state index contributed by atoms with van der Waals surface area (Å²) < 4.78 is 14.4. The van der Waals surface area contributed by atoms with Crippen molar-refractivity contribution >= 4 is 22.4 Å². The highest BCUT2D eigenvalue weighted by Gasteiger charge is 2.28. The summed E-state index contributed by atoms with van der Waals surface area (Å²) in [5, 5.41) is 3.61. The molecule has 0 unspecified atom stereocenters. The number of anilines is 1. The summed E-state index contributed by atoms with van der Waals surface area (Å²) in [6, 6.07) is 11.1. The van der Waals surface area contributed by atoms with Crippen molar-refractivity contribution < 1.29 is 14.0 Å². The van der Waals surface area contributed by atoms with Gasteiger partial charge in [0.2, 0.25) is 0 Å². The second-order valence-electron chi connectivity index (χ2n) is 7.16. The van der Waals surface area contributed by atoms with Crippen LogP contribution >= 0.6 is 0 Å². The molecule has 1 aliphatic heterocycles. The molecule has 5 heteroatoms. The highest BCUT2D eigenvalue weighted by Crippen LogP contribution is 2.30. The average molecular weight is 330 g/mol. The Morgan fingerprint density at radius 1 is 1.04 bits per heavy atom. The Morgan fingerprint density at radius 3 is 2.38 bits per heavy atom. The van der Waals surface area contributed by atoms with E-state index in [2.05, 4.69) is 0 Å². The van der Waals surface area contributed by atoms with Crippen molar-refractivity contribution in [1.82, 2.24) is 5.06 Å². The molecule has 0 radical (unpaired) electrons. The van der Waals surface area contributed by atoms with Gasteiger partial charge < -0.3 is 9.74 Å². The van der Waals surface area contributed by atoms with E-state index in [0.717, 1.165) is 10.8 Å². The standard InChI is InChI=1S/C19H23FN2O2/c1-19(2,3)18(23)24-22-12-10-21(11-13-22)17-15-7-5-4-6-14(15)8-9-16(17)20/h4-9H,10-13H2,1-3H3. The van der Waals surface area contributed by atoms with Crippen LogP contribution in [0.3, 0.4) is 0 Å². The fraction of sp³-hybridized carbons (Fsp3) is 0.421. The van der Waals surface area contributed by atoms with Gasteiger partial charge in [0.1, 0.15) is 5.82 Å². The highest BCUT2D eigenvalue weighted by molar-refractivity contribution is 5.94. The van der Waals surface area contributed by atoms with Crippen molar-refractivity contribution in [2.24, 2.45) is 5.41 Å². The first kappa shape index (κ1) is 16.7. The fourth-order valence-electron chi connectivity index (χ4n) is 2.81. The molecule has 1 heterocycles. The number of carbonyl (C=O) groups is 1. The van der Waals surface area contributed by atoms with E-state index in [9.17, 15) is 9.18 Å². The Morgan fingerprint density at radius 2 is 1.71 bits per heavy atom. The SMILES string of the molecule is CC(C)(C)C(=O)ON1CCN(c2c(F)ccc3ccccc23)CC1. The minimum atomic E-state index is -0.529. The highest BCUT2D eigenvalue weighted by atomic mass is 19.1. The molecule has 0 aliphatic carbocycles. The van der Waals surface area contributed by atoms with Crippen LogP contribution in [0.4, 0.5) is 10.1 Å². The molecule has 1 saturated heterocycles. The van der Waals surface area contributed by atoms with E-state index in [4.69, 9.17) is 4.84 Å². The zero-order valence-electron chi connectivity index (χ0n) is 14.4. The second-order valence-corrected chi connectivity index (χ2v) is 7.16. The molecule has 2 aromatic rings. The van der Waals surface area contributed by atoms with Crippen molar-refractivity contribution in [2.75, 3.05) is 31.1 Å². The van der Waals surface area contributed by atoms with Gasteiger partial charge in [-0.3, -0.25) is 0 Å². The zero-order chi connectivity index (χ0) is 17.3. The molecule has 0 spiro atoms. The molecular formula is C19H23FN2O2. The maximum atomic E-state index is 14.4. The van der Waals surface area contributed by atoms with Crippen molar-refractivity contribution in [3.63, 3.8) is 0 Å². The van der Waals surface area contributed by atoms with E-state index in [0.29, 0.717) is 31.9 Å². The molecule has 4 nitrogen and oxygen atoms in total. The smallest absolute Gasteiger partial charge is 0.330 e. The minimum absolute atomic E-state index is 0.214. The Balaban J connectivity index is 1.74. The van der Waals surface area contributed by atoms with Gasteiger partial charge >= 0.3 is 5.97 Å². The number of piperazine rings is 1. The summed E-state index contributed by atoms with van der Waals surface area (Å²) in [7, 11) is 0. The molecule has 128 valence electrons. The number of hydrogen-bond acceptors (Lipinski definition) is 4. The summed E-state index contributed by atoms with van der Waals surface area (Å²) in [4.78, 5) is 19.4. The lowest BCUT2D eigenvalue weighted by Gasteiger charge is -2.36. The Bertz CT molecular complexity index is 747. The molecule has 3 rings (SSSR count). The van der Waals surface area contributed by atoms with Crippen molar-refractivity contribution in [3.05, 3.63) is 42.2 Å². The van der Waals surface area contributed by atoms with Gasteiger partial charge in [-0.2, -0.15) is 0 Å². The third-order valence-electron chi connectivity index (χ3n) is 4.23. The van der Waals surface area contributed by atoms with E-state index in [1.165, 1.54) is 6.07 Å². The van der Waals surface area contributed by atoms with E-state index < -0.39 is 5.41 Å². The summed E-state index contributed by atoms with van der Waals surface area (Å²) in [5.41, 5.74) is 0.105. The van der Waals surface area contributed by atoms with Crippen LogP contribution in [0.15, 0.2) is 36.4 Å². The molecule has 1 fully saturated rings. The largest absolute Gasteiger partial charge is 0.367 e. The maximum absolute atomic E-state index is 14.4. The van der Waals surface area contributed by atoms with Gasteiger partial charge in [-0.05, 0) is 32.2 Å². The molecule has 0 aromatic heterocycles. The monoisotopic (exact) mass is 330 g/mol. The van der Waals surface area contributed by atoms with Crippen LogP contribution in [0, 0.1) is 11.2 Å². The van der Waals surface area contributed by atoms with Crippen LogP contribution in [0.25, 0.3) is 10.8 Å². The molecule has 0 N–H and O–H groups in total. The summed E-state index contributed by atoms with van der Waals surface area (Å²) >= 11 is 0. The molecular weight excluding hydrogens is 307 g/mol. The summed E-state index contributed by atoms with van der Waals surface area (Å²) in [6.07, 6.45) is 0. The quantitative estimate of drug-likeness (QED) is 0.842. The molecule has 0 saturated carbocycles. The lowest BCUT2D eigenvalue weighted by molar-refractivity contribution is -0.201. The topological polar surface area (TPSA) is 32.8 Å². The Labute approximate surface area is 141 Å². The van der Waals surface area contributed by atoms with Crippen molar-refractivity contribution in [1.29, 1.82) is 0 Å². The predicted molar refractivity (Wildman–Crippen MR) is 93.2 cm³/mol. The van der Waals surface area contributed by atoms with Gasteiger partial charge in [-0.1, -0.05) is 30.3 Å². The fourth-order valence-corrected chi connectivity index (χ4v) is 2.81. The van der Waals surface area contributed by atoms with Gasteiger partial charge in [-0.15, -0.1) is 5.06 Å². The van der Waals surface area contributed by atoms with Crippen LogP contribution < -0.4 is 4.90 Å². The van der Waals surface area contributed by atoms with Gasteiger partial charge in [0, 0.05) is 18.5 Å². The van der Waals surface area contributed by atoms with Crippen LogP contribution in [0.1, 0.15) is 20.8 Å². The number of hydroxylamine groups is 2. The molecule has 2 aromatic carbocycles. The number of fused-ring (bicyclic) bond motifs is 1. The second kappa shape index (κ2) is 6.40. The van der Waals surface area contributed by atoms with Crippen LogP contribution in [0.5, 0.6) is 0 Å². The molecule has 0 amide bonds. The normalized spacial score (nSPS) is 16.4. The van der Waals surface area contributed by atoms with Gasteiger partial charge in [0.25, 0.3) is 0 Å².